The standard InChI is InChI=1S/C14H16F2N2O4/c15-12(16)10-2-1-9(8-17-10)13(21)18-14(7-11(19)20)3-5-22-6-4-14/h1-2,8,12H,3-7H2,(H,18,21)(H,19,20). The van der Waals surface area contributed by atoms with Gasteiger partial charge in [0.15, 0.2) is 0 Å². The van der Waals surface area contributed by atoms with E-state index in [1.165, 1.54) is 6.07 Å². The maximum Gasteiger partial charge on any atom is 0.305 e. The summed E-state index contributed by atoms with van der Waals surface area (Å²) in [5, 5.41) is 11.7. The number of carboxylic acid groups (broad SMARTS) is 1. The van der Waals surface area contributed by atoms with Crippen molar-refractivity contribution in [3.05, 3.63) is 29.6 Å². The van der Waals surface area contributed by atoms with Gasteiger partial charge < -0.3 is 15.2 Å². The van der Waals surface area contributed by atoms with Crippen LogP contribution in [0, 0.1) is 0 Å². The number of nitrogens with zero attached hydrogens (tertiary/aromatic N) is 1. The van der Waals surface area contributed by atoms with Crippen molar-refractivity contribution in [2.45, 2.75) is 31.2 Å². The van der Waals surface area contributed by atoms with Gasteiger partial charge in [0.2, 0.25) is 0 Å². The molecule has 0 aliphatic carbocycles. The van der Waals surface area contributed by atoms with Gasteiger partial charge >= 0.3 is 5.97 Å². The molecule has 2 heterocycles. The Bertz CT molecular complexity index is 542. The smallest absolute Gasteiger partial charge is 0.305 e. The molecular weight excluding hydrogens is 298 g/mol. The highest BCUT2D eigenvalue weighted by atomic mass is 19.3. The van der Waals surface area contributed by atoms with E-state index >= 15 is 0 Å². The van der Waals surface area contributed by atoms with Crippen LogP contribution in [0.15, 0.2) is 18.3 Å². The van der Waals surface area contributed by atoms with Crippen molar-refractivity contribution in [2.24, 2.45) is 0 Å². The van der Waals surface area contributed by atoms with Gasteiger partial charge in [-0.1, -0.05) is 0 Å². The first-order valence-corrected chi connectivity index (χ1v) is 6.78. The maximum atomic E-state index is 12.4. The number of rotatable bonds is 5. The molecule has 0 spiro atoms. The molecule has 0 saturated carbocycles. The topological polar surface area (TPSA) is 88.5 Å². The molecule has 0 bridgehead atoms. The first kappa shape index (κ1) is 16.3. The van der Waals surface area contributed by atoms with E-state index in [1.54, 1.807) is 0 Å². The minimum Gasteiger partial charge on any atom is -0.481 e. The van der Waals surface area contributed by atoms with Crippen molar-refractivity contribution >= 4 is 11.9 Å². The number of amides is 1. The highest BCUT2D eigenvalue weighted by molar-refractivity contribution is 5.94. The molecule has 1 amide bonds. The van der Waals surface area contributed by atoms with Crippen LogP contribution in [0.4, 0.5) is 8.78 Å². The summed E-state index contributed by atoms with van der Waals surface area (Å²) in [6.07, 6.45) is -1.10. The second kappa shape index (κ2) is 6.78. The summed E-state index contributed by atoms with van der Waals surface area (Å²) in [7, 11) is 0. The summed E-state index contributed by atoms with van der Waals surface area (Å²) >= 11 is 0. The summed E-state index contributed by atoms with van der Waals surface area (Å²) < 4.78 is 30.1. The number of carbonyl (C=O) groups excluding carboxylic acids is 1. The van der Waals surface area contributed by atoms with Crippen molar-refractivity contribution < 1.29 is 28.2 Å². The normalized spacial score (nSPS) is 17.2. The fourth-order valence-corrected chi connectivity index (χ4v) is 2.38. The number of alkyl halides is 2. The Morgan fingerprint density at radius 2 is 2.05 bits per heavy atom. The van der Waals surface area contributed by atoms with Crippen LogP contribution in [0.5, 0.6) is 0 Å². The molecule has 120 valence electrons. The lowest BCUT2D eigenvalue weighted by molar-refractivity contribution is -0.139. The van der Waals surface area contributed by atoms with Crippen molar-refractivity contribution in [3.63, 3.8) is 0 Å². The Labute approximate surface area is 125 Å². The number of ether oxygens (including phenoxy) is 1. The van der Waals surface area contributed by atoms with Crippen LogP contribution in [0.3, 0.4) is 0 Å². The number of pyridine rings is 1. The minimum atomic E-state index is -2.70. The number of hydrogen-bond donors (Lipinski definition) is 2. The fourth-order valence-electron chi connectivity index (χ4n) is 2.38. The van der Waals surface area contributed by atoms with Gasteiger partial charge in [-0.25, -0.2) is 8.78 Å². The summed E-state index contributed by atoms with van der Waals surface area (Å²) in [6.45, 7) is 0.715. The number of hydrogen-bond acceptors (Lipinski definition) is 4. The highest BCUT2D eigenvalue weighted by Crippen LogP contribution is 2.25. The molecule has 6 nitrogen and oxygen atoms in total. The van der Waals surface area contributed by atoms with Gasteiger partial charge in [-0.05, 0) is 25.0 Å². The van der Waals surface area contributed by atoms with E-state index in [4.69, 9.17) is 9.84 Å². The molecule has 2 N–H and O–H groups in total. The van der Waals surface area contributed by atoms with Gasteiger partial charge in [-0.2, -0.15) is 0 Å². The van der Waals surface area contributed by atoms with Gasteiger partial charge in [-0.15, -0.1) is 0 Å². The van der Waals surface area contributed by atoms with Gasteiger partial charge in [0, 0.05) is 19.4 Å². The molecule has 0 aromatic carbocycles. The first-order chi connectivity index (χ1) is 10.4. The van der Waals surface area contributed by atoms with Crippen molar-refractivity contribution in [2.75, 3.05) is 13.2 Å². The van der Waals surface area contributed by atoms with Crippen molar-refractivity contribution in [3.8, 4) is 0 Å². The van der Waals surface area contributed by atoms with E-state index in [-0.39, 0.29) is 12.0 Å². The van der Waals surface area contributed by atoms with Crippen LogP contribution in [0.2, 0.25) is 0 Å². The van der Waals surface area contributed by atoms with Crippen molar-refractivity contribution in [1.29, 1.82) is 0 Å². The molecule has 1 fully saturated rings. The van der Waals surface area contributed by atoms with E-state index in [0.29, 0.717) is 26.1 Å². The van der Waals surface area contributed by atoms with E-state index in [9.17, 15) is 18.4 Å². The predicted octanol–water partition coefficient (Wildman–Crippen LogP) is 1.77. The number of halogens is 2. The van der Waals surface area contributed by atoms with Crippen LogP contribution in [-0.2, 0) is 9.53 Å². The lowest BCUT2D eigenvalue weighted by Crippen LogP contribution is -2.53. The number of aliphatic carboxylic acids is 1. The molecule has 22 heavy (non-hydrogen) atoms. The van der Waals surface area contributed by atoms with Gasteiger partial charge in [-0.3, -0.25) is 14.6 Å². The van der Waals surface area contributed by atoms with Crippen LogP contribution >= 0.6 is 0 Å². The first-order valence-electron chi connectivity index (χ1n) is 6.78. The van der Waals surface area contributed by atoms with Gasteiger partial charge in [0.25, 0.3) is 12.3 Å². The molecule has 2 rings (SSSR count). The van der Waals surface area contributed by atoms with Crippen molar-refractivity contribution in [1.82, 2.24) is 10.3 Å². The fraction of sp³-hybridized carbons (Fsp3) is 0.500. The summed E-state index contributed by atoms with van der Waals surface area (Å²) in [4.78, 5) is 26.8. The zero-order valence-electron chi connectivity index (χ0n) is 11.7. The molecule has 1 aliphatic heterocycles. The number of carbonyl (C=O) groups is 2. The average Bonchev–Trinajstić information content (AvgIpc) is 2.47. The maximum absolute atomic E-state index is 12.4. The number of carboxylic acids is 1. The minimum absolute atomic E-state index is 0.112. The average molecular weight is 314 g/mol. The lowest BCUT2D eigenvalue weighted by atomic mass is 9.86. The van der Waals surface area contributed by atoms with Gasteiger partial charge in [0.05, 0.1) is 17.5 Å². The Hall–Kier alpha value is -2.09. The molecule has 0 atom stereocenters. The Balaban J connectivity index is 2.11. The molecule has 1 aliphatic rings. The Kier molecular flexibility index (Phi) is 5.02. The largest absolute Gasteiger partial charge is 0.481 e. The molecule has 1 aromatic heterocycles. The SMILES string of the molecule is O=C(O)CC1(NC(=O)c2ccc(C(F)F)nc2)CCOCC1. The second-order valence-electron chi connectivity index (χ2n) is 5.19. The third-order valence-corrected chi connectivity index (χ3v) is 3.59. The van der Waals surface area contributed by atoms with Gasteiger partial charge in [0.1, 0.15) is 5.69 Å². The Morgan fingerprint density at radius 3 is 2.55 bits per heavy atom. The van der Waals surface area contributed by atoms with Crippen LogP contribution < -0.4 is 5.32 Å². The molecule has 1 aromatic rings. The number of nitrogens with one attached hydrogen (secondary N) is 1. The monoisotopic (exact) mass is 314 g/mol. The van der Waals surface area contributed by atoms with E-state index < -0.39 is 29.5 Å². The lowest BCUT2D eigenvalue weighted by Gasteiger charge is -2.36. The molecular formula is C14H16F2N2O4. The summed E-state index contributed by atoms with van der Waals surface area (Å²) in [6, 6.07) is 2.32. The van der Waals surface area contributed by atoms with Crippen LogP contribution in [0.25, 0.3) is 0 Å². The third-order valence-electron chi connectivity index (χ3n) is 3.59. The number of aromatic nitrogens is 1. The molecule has 0 radical (unpaired) electrons. The van der Waals surface area contributed by atoms with E-state index in [2.05, 4.69) is 10.3 Å². The summed E-state index contributed by atoms with van der Waals surface area (Å²) in [5.41, 5.74) is -1.19. The van der Waals surface area contributed by atoms with Crippen LogP contribution in [0.1, 0.15) is 41.7 Å². The quantitative estimate of drug-likeness (QED) is 0.865. The second-order valence-corrected chi connectivity index (χ2v) is 5.19. The third kappa shape index (κ3) is 3.97. The zero-order chi connectivity index (χ0) is 16.2. The van der Waals surface area contributed by atoms with E-state index in [1.807, 2.05) is 0 Å². The molecule has 1 saturated heterocycles. The summed E-state index contributed by atoms with van der Waals surface area (Å²) in [5.74, 6) is -1.55. The highest BCUT2D eigenvalue weighted by Gasteiger charge is 2.36. The molecule has 8 heteroatoms. The zero-order valence-corrected chi connectivity index (χ0v) is 11.7. The Morgan fingerprint density at radius 1 is 1.36 bits per heavy atom. The predicted molar refractivity (Wildman–Crippen MR) is 71.7 cm³/mol. The molecule has 0 unspecified atom stereocenters. The van der Waals surface area contributed by atoms with Crippen LogP contribution in [-0.4, -0.2) is 40.7 Å². The van der Waals surface area contributed by atoms with E-state index in [0.717, 1.165) is 12.3 Å².